The second kappa shape index (κ2) is 5.77. The average molecular weight is 331 g/mol. The summed E-state index contributed by atoms with van der Waals surface area (Å²) in [6.45, 7) is 1.64. The molecule has 0 saturated carbocycles. The predicted molar refractivity (Wildman–Crippen MR) is 88.1 cm³/mol. The number of anilines is 2. The lowest BCUT2D eigenvalue weighted by Crippen LogP contribution is -2.31. The minimum atomic E-state index is -0.278. The maximum absolute atomic E-state index is 12.6. The van der Waals surface area contributed by atoms with Gasteiger partial charge in [0.2, 0.25) is 0 Å². The van der Waals surface area contributed by atoms with Crippen LogP contribution in [0.3, 0.4) is 0 Å². The third-order valence-corrected chi connectivity index (χ3v) is 5.43. The van der Waals surface area contributed by atoms with Gasteiger partial charge in [-0.25, -0.2) is 0 Å². The summed E-state index contributed by atoms with van der Waals surface area (Å²) in [4.78, 5) is 14.9. The largest absolute Gasteiger partial charge is 0.410 e. The van der Waals surface area contributed by atoms with Crippen molar-refractivity contribution < 1.29 is 10.0 Å². The van der Waals surface area contributed by atoms with Gasteiger partial charge in [-0.15, -0.1) is 5.10 Å². The molecule has 4 rings (SSSR count). The Morgan fingerprint density at radius 2 is 2.17 bits per heavy atom. The van der Waals surface area contributed by atoms with E-state index < -0.39 is 0 Å². The molecule has 2 aliphatic heterocycles. The summed E-state index contributed by atoms with van der Waals surface area (Å²) in [7, 11) is 0. The summed E-state index contributed by atoms with van der Waals surface area (Å²) in [6, 6.07) is 6.30. The number of nitrogens with zero attached hydrogens (tertiary/aromatic N) is 5. The van der Waals surface area contributed by atoms with E-state index in [1.807, 2.05) is 11.9 Å². The number of fused-ring (bicyclic) bond motifs is 1. The van der Waals surface area contributed by atoms with Crippen molar-refractivity contribution in [1.82, 2.24) is 15.2 Å². The predicted octanol–water partition coefficient (Wildman–Crippen LogP) is 1.97. The van der Waals surface area contributed by atoms with Gasteiger partial charge in [-0.3, -0.25) is 4.79 Å². The lowest BCUT2D eigenvalue weighted by atomic mass is 10.1. The molecule has 2 aromatic rings. The molecule has 7 nitrogen and oxygen atoms in total. The van der Waals surface area contributed by atoms with Crippen LogP contribution in [0.4, 0.5) is 11.4 Å². The van der Waals surface area contributed by atoms with E-state index >= 15 is 0 Å². The number of carbonyl (C=O) groups is 1. The first-order chi connectivity index (χ1) is 11.2. The molecule has 0 radical (unpaired) electrons. The van der Waals surface area contributed by atoms with Crippen LogP contribution in [0.2, 0.25) is 0 Å². The van der Waals surface area contributed by atoms with Gasteiger partial charge in [0.05, 0.1) is 6.20 Å². The molecule has 1 N–H and O–H groups in total. The molecule has 0 spiro atoms. The van der Waals surface area contributed by atoms with Crippen molar-refractivity contribution in [3.8, 4) is 0 Å². The topological polar surface area (TPSA) is 74.5 Å². The standard InChI is InChI=1S/C15H17N5O2S/c21-15(14-10-16-17-20(14)22)18-7-5-11-3-4-12(9-13(11)18)19-6-1-2-8-23-19/h3-4,9-10,22H,1-2,5-8H2. The molecule has 1 saturated heterocycles. The fourth-order valence-corrected chi connectivity index (χ4v) is 4.12. The van der Waals surface area contributed by atoms with Gasteiger partial charge in [0.25, 0.3) is 5.91 Å². The molecular weight excluding hydrogens is 314 g/mol. The number of rotatable bonds is 2. The zero-order chi connectivity index (χ0) is 15.8. The minimum absolute atomic E-state index is 0.0793. The maximum atomic E-state index is 12.6. The van der Waals surface area contributed by atoms with E-state index in [1.165, 1.54) is 19.0 Å². The third-order valence-electron chi connectivity index (χ3n) is 4.25. The first kappa shape index (κ1) is 14.4. The van der Waals surface area contributed by atoms with Crippen molar-refractivity contribution in [2.24, 2.45) is 0 Å². The Hall–Kier alpha value is -2.22. The molecule has 0 atom stereocenters. The van der Waals surface area contributed by atoms with Gasteiger partial charge >= 0.3 is 0 Å². The Balaban J connectivity index is 1.64. The Bertz CT molecular complexity index is 741. The van der Waals surface area contributed by atoms with Crippen LogP contribution in [-0.4, -0.2) is 45.1 Å². The van der Waals surface area contributed by atoms with Crippen LogP contribution >= 0.6 is 11.9 Å². The third kappa shape index (κ3) is 2.52. The summed E-state index contributed by atoms with van der Waals surface area (Å²) in [5.74, 6) is 0.856. The van der Waals surface area contributed by atoms with Crippen LogP contribution in [0, 0.1) is 0 Å². The van der Waals surface area contributed by atoms with Crippen molar-refractivity contribution in [3.05, 3.63) is 35.7 Å². The van der Waals surface area contributed by atoms with Gasteiger partial charge < -0.3 is 14.4 Å². The smallest absolute Gasteiger partial charge is 0.282 e. The second-order valence-electron chi connectivity index (χ2n) is 5.67. The quantitative estimate of drug-likeness (QED) is 0.670. The van der Waals surface area contributed by atoms with E-state index in [1.54, 1.807) is 4.90 Å². The highest BCUT2D eigenvalue weighted by molar-refractivity contribution is 8.00. The molecule has 120 valence electrons. The zero-order valence-corrected chi connectivity index (χ0v) is 13.4. The summed E-state index contributed by atoms with van der Waals surface area (Å²) >= 11 is 1.84. The summed E-state index contributed by atoms with van der Waals surface area (Å²) in [6.07, 6.45) is 4.55. The van der Waals surface area contributed by atoms with Crippen molar-refractivity contribution in [3.63, 3.8) is 0 Å². The number of hydrogen-bond donors (Lipinski definition) is 1. The van der Waals surface area contributed by atoms with E-state index in [9.17, 15) is 10.0 Å². The molecule has 0 unspecified atom stereocenters. The SMILES string of the molecule is O=C(c1cnnn1O)N1CCc2ccc(N3CCCCS3)cc21. The Kier molecular flexibility index (Phi) is 3.60. The van der Waals surface area contributed by atoms with Gasteiger partial charge in [-0.1, -0.05) is 10.9 Å². The average Bonchev–Trinajstić information content (AvgIpc) is 3.20. The molecule has 1 aromatic carbocycles. The first-order valence-corrected chi connectivity index (χ1v) is 8.63. The molecule has 1 fully saturated rings. The minimum Gasteiger partial charge on any atom is -0.410 e. The molecule has 8 heteroatoms. The Morgan fingerprint density at radius 3 is 2.91 bits per heavy atom. The van der Waals surface area contributed by atoms with E-state index in [-0.39, 0.29) is 11.6 Å². The summed E-state index contributed by atoms with van der Waals surface area (Å²) in [5.41, 5.74) is 3.28. The van der Waals surface area contributed by atoms with Crippen molar-refractivity contribution >= 4 is 29.2 Å². The number of carbonyl (C=O) groups excluding carboxylic acids is 1. The lowest BCUT2D eigenvalue weighted by molar-refractivity contribution is 0.0901. The van der Waals surface area contributed by atoms with Crippen LogP contribution in [0.25, 0.3) is 0 Å². The van der Waals surface area contributed by atoms with E-state index in [0.29, 0.717) is 11.4 Å². The van der Waals surface area contributed by atoms with Gasteiger partial charge in [0.15, 0.2) is 5.69 Å². The molecule has 3 heterocycles. The zero-order valence-electron chi connectivity index (χ0n) is 12.6. The van der Waals surface area contributed by atoms with Gasteiger partial charge in [-0.2, -0.15) is 0 Å². The van der Waals surface area contributed by atoms with Gasteiger partial charge in [-0.05, 0) is 54.1 Å². The van der Waals surface area contributed by atoms with Crippen molar-refractivity contribution in [2.75, 3.05) is 28.0 Å². The Labute approximate surface area is 138 Å². The Morgan fingerprint density at radius 1 is 1.26 bits per heavy atom. The highest BCUT2D eigenvalue weighted by Crippen LogP contribution is 2.36. The molecule has 0 bridgehead atoms. The van der Waals surface area contributed by atoms with E-state index in [0.717, 1.165) is 35.7 Å². The molecule has 23 heavy (non-hydrogen) atoms. The van der Waals surface area contributed by atoms with E-state index in [4.69, 9.17) is 0 Å². The fraction of sp³-hybridized carbons (Fsp3) is 0.400. The van der Waals surface area contributed by atoms with Crippen LogP contribution in [0.15, 0.2) is 24.4 Å². The van der Waals surface area contributed by atoms with Crippen molar-refractivity contribution in [2.45, 2.75) is 19.3 Å². The van der Waals surface area contributed by atoms with Crippen molar-refractivity contribution in [1.29, 1.82) is 0 Å². The first-order valence-electron chi connectivity index (χ1n) is 7.69. The fourth-order valence-electron chi connectivity index (χ4n) is 3.04. The molecular formula is C15H17N5O2S. The lowest BCUT2D eigenvalue weighted by Gasteiger charge is -2.28. The number of aromatic nitrogens is 3. The van der Waals surface area contributed by atoms with Crippen LogP contribution in [-0.2, 0) is 6.42 Å². The number of hydrogen-bond acceptors (Lipinski definition) is 6. The molecule has 1 amide bonds. The summed E-state index contributed by atoms with van der Waals surface area (Å²) < 4.78 is 2.29. The molecule has 2 aliphatic rings. The monoisotopic (exact) mass is 331 g/mol. The van der Waals surface area contributed by atoms with Gasteiger partial charge in [0.1, 0.15) is 0 Å². The molecule has 0 aliphatic carbocycles. The highest BCUT2D eigenvalue weighted by atomic mass is 32.2. The second-order valence-corrected chi connectivity index (χ2v) is 6.78. The van der Waals surface area contributed by atoms with Crippen LogP contribution in [0.1, 0.15) is 28.9 Å². The maximum Gasteiger partial charge on any atom is 0.282 e. The van der Waals surface area contributed by atoms with E-state index in [2.05, 4.69) is 32.8 Å². The molecule has 1 aromatic heterocycles. The van der Waals surface area contributed by atoms with Gasteiger partial charge in [0, 0.05) is 30.2 Å². The normalized spacial score (nSPS) is 17.4. The van der Waals surface area contributed by atoms with Crippen LogP contribution in [0.5, 0.6) is 0 Å². The number of amides is 1. The van der Waals surface area contributed by atoms with Crippen LogP contribution < -0.4 is 9.21 Å². The number of benzene rings is 1. The highest BCUT2D eigenvalue weighted by Gasteiger charge is 2.29. The summed E-state index contributed by atoms with van der Waals surface area (Å²) in [5, 5.41) is 16.6.